The Hall–Kier alpha value is -3.05. The number of benzene rings is 2. The number of thiocarbonyl (C=S) groups is 1. The third kappa shape index (κ3) is 5.72. The number of ether oxygens (including phenoxy) is 1. The average molecular weight is 467 g/mol. The standard InChI is InChI=1S/C17H15BrN4O5S/c1-2-27-14-7-6-11(9-13(14)18)15(23)19-17(28)21-20-16(24)10-4-3-5-12(8-10)22(25)26/h3-9H,2H2,1H3,(H,20,24)(H2,19,21,23,28). The molecular weight excluding hydrogens is 452 g/mol. The largest absolute Gasteiger partial charge is 0.493 e. The highest BCUT2D eigenvalue weighted by atomic mass is 79.9. The summed E-state index contributed by atoms with van der Waals surface area (Å²) >= 11 is 8.28. The summed E-state index contributed by atoms with van der Waals surface area (Å²) in [6.45, 7) is 2.33. The van der Waals surface area contributed by atoms with Gasteiger partial charge < -0.3 is 4.74 Å². The van der Waals surface area contributed by atoms with E-state index in [1.807, 2.05) is 6.92 Å². The monoisotopic (exact) mass is 466 g/mol. The van der Waals surface area contributed by atoms with E-state index in [1.165, 1.54) is 18.2 Å². The molecule has 9 nitrogen and oxygen atoms in total. The van der Waals surface area contributed by atoms with Crippen LogP contribution in [-0.2, 0) is 0 Å². The van der Waals surface area contributed by atoms with Crippen molar-refractivity contribution < 1.29 is 19.2 Å². The molecule has 2 aromatic carbocycles. The van der Waals surface area contributed by atoms with Gasteiger partial charge >= 0.3 is 0 Å². The summed E-state index contributed by atoms with van der Waals surface area (Å²) in [6, 6.07) is 9.96. The van der Waals surface area contributed by atoms with E-state index < -0.39 is 16.7 Å². The molecule has 0 bridgehead atoms. The van der Waals surface area contributed by atoms with Crippen molar-refractivity contribution in [3.8, 4) is 5.75 Å². The topological polar surface area (TPSA) is 123 Å². The molecule has 0 aliphatic heterocycles. The Bertz CT molecular complexity index is 938. The van der Waals surface area contributed by atoms with Crippen molar-refractivity contribution in [2.45, 2.75) is 6.92 Å². The highest BCUT2D eigenvalue weighted by molar-refractivity contribution is 9.10. The first kappa shape index (κ1) is 21.3. The first-order valence-corrected chi connectivity index (χ1v) is 9.10. The number of halogens is 1. The fourth-order valence-corrected chi connectivity index (χ4v) is 2.70. The SMILES string of the molecule is CCOc1ccc(C(=O)NC(=S)NNC(=O)c2cccc([N+](=O)[O-])c2)cc1Br. The van der Waals surface area contributed by atoms with Crippen molar-refractivity contribution in [1.82, 2.24) is 16.2 Å². The molecule has 0 saturated carbocycles. The predicted octanol–water partition coefficient (Wildman–Crippen LogP) is 2.71. The summed E-state index contributed by atoms with van der Waals surface area (Å²) in [6.07, 6.45) is 0. The number of hydrogen-bond acceptors (Lipinski definition) is 6. The fourth-order valence-electron chi connectivity index (χ4n) is 2.07. The molecule has 0 aliphatic carbocycles. The minimum absolute atomic E-state index is 0.0614. The number of non-ortho nitro benzene ring substituents is 1. The number of carbonyl (C=O) groups is 2. The van der Waals surface area contributed by atoms with Crippen LogP contribution in [-0.4, -0.2) is 28.5 Å². The molecule has 0 unspecified atom stereocenters. The molecule has 0 aliphatic rings. The molecule has 0 spiro atoms. The number of nitrogens with zero attached hydrogens (tertiary/aromatic N) is 1. The quantitative estimate of drug-likeness (QED) is 0.351. The van der Waals surface area contributed by atoms with Crippen molar-refractivity contribution in [1.29, 1.82) is 0 Å². The Balaban J connectivity index is 1.92. The number of rotatable bonds is 5. The molecule has 0 fully saturated rings. The van der Waals surface area contributed by atoms with E-state index in [-0.39, 0.29) is 16.4 Å². The number of nitro groups is 1. The summed E-state index contributed by atoms with van der Waals surface area (Å²) in [5.74, 6) is -0.543. The summed E-state index contributed by atoms with van der Waals surface area (Å²) in [5, 5.41) is 13.0. The van der Waals surface area contributed by atoms with Crippen LogP contribution in [0.3, 0.4) is 0 Å². The number of nitro benzene ring substituents is 1. The number of hydrazine groups is 1. The van der Waals surface area contributed by atoms with Gasteiger partial charge in [0.05, 0.1) is 16.0 Å². The van der Waals surface area contributed by atoms with Gasteiger partial charge in [-0.2, -0.15) is 0 Å². The van der Waals surface area contributed by atoms with Gasteiger partial charge in [0.15, 0.2) is 5.11 Å². The molecule has 3 N–H and O–H groups in total. The number of nitrogens with one attached hydrogen (secondary N) is 3. The second-order valence-corrected chi connectivity index (χ2v) is 6.51. The molecule has 0 heterocycles. The van der Waals surface area contributed by atoms with Crippen LogP contribution in [0.15, 0.2) is 46.9 Å². The smallest absolute Gasteiger partial charge is 0.270 e. The summed E-state index contributed by atoms with van der Waals surface area (Å²) in [5.41, 5.74) is 4.80. The molecule has 0 aromatic heterocycles. The lowest BCUT2D eigenvalue weighted by atomic mass is 10.2. The van der Waals surface area contributed by atoms with E-state index >= 15 is 0 Å². The van der Waals surface area contributed by atoms with Gasteiger partial charge in [-0.1, -0.05) is 6.07 Å². The van der Waals surface area contributed by atoms with Crippen LogP contribution in [0, 0.1) is 10.1 Å². The van der Waals surface area contributed by atoms with E-state index in [1.54, 1.807) is 18.2 Å². The van der Waals surface area contributed by atoms with Crippen molar-refractivity contribution in [2.75, 3.05) is 6.61 Å². The number of carbonyl (C=O) groups excluding carboxylic acids is 2. The highest BCUT2D eigenvalue weighted by Crippen LogP contribution is 2.25. The van der Waals surface area contributed by atoms with Crippen molar-refractivity contribution in [3.05, 3.63) is 68.2 Å². The van der Waals surface area contributed by atoms with Crippen LogP contribution in [0.25, 0.3) is 0 Å². The van der Waals surface area contributed by atoms with Crippen LogP contribution < -0.4 is 20.9 Å². The van der Waals surface area contributed by atoms with Gasteiger partial charge in [0.1, 0.15) is 5.75 Å². The summed E-state index contributed by atoms with van der Waals surface area (Å²) in [4.78, 5) is 34.4. The molecule has 2 amide bonds. The maximum Gasteiger partial charge on any atom is 0.270 e. The van der Waals surface area contributed by atoms with Crippen LogP contribution in [0.5, 0.6) is 5.75 Å². The molecule has 28 heavy (non-hydrogen) atoms. The van der Waals surface area contributed by atoms with E-state index in [2.05, 4.69) is 32.1 Å². The van der Waals surface area contributed by atoms with E-state index in [0.29, 0.717) is 22.4 Å². The lowest BCUT2D eigenvalue weighted by Gasteiger charge is -2.12. The zero-order chi connectivity index (χ0) is 20.7. The molecule has 11 heteroatoms. The van der Waals surface area contributed by atoms with Crippen molar-refractivity contribution in [2.24, 2.45) is 0 Å². The lowest BCUT2D eigenvalue weighted by molar-refractivity contribution is -0.384. The van der Waals surface area contributed by atoms with Gasteiger partial charge in [0.2, 0.25) is 0 Å². The zero-order valence-electron chi connectivity index (χ0n) is 14.5. The predicted molar refractivity (Wildman–Crippen MR) is 109 cm³/mol. The Morgan fingerprint density at radius 3 is 2.50 bits per heavy atom. The van der Waals surface area contributed by atoms with Gasteiger partial charge in [-0.3, -0.25) is 35.9 Å². The zero-order valence-corrected chi connectivity index (χ0v) is 16.9. The second-order valence-electron chi connectivity index (χ2n) is 5.25. The van der Waals surface area contributed by atoms with Gasteiger partial charge in [-0.15, -0.1) is 0 Å². The van der Waals surface area contributed by atoms with Crippen LogP contribution in [0.1, 0.15) is 27.6 Å². The lowest BCUT2D eigenvalue weighted by Crippen LogP contribution is -2.48. The molecule has 2 aromatic rings. The molecule has 0 saturated heterocycles. The van der Waals surface area contributed by atoms with Gasteiger partial charge in [-0.25, -0.2) is 0 Å². The van der Waals surface area contributed by atoms with Gasteiger partial charge in [0, 0.05) is 23.3 Å². The minimum Gasteiger partial charge on any atom is -0.493 e. The summed E-state index contributed by atoms with van der Waals surface area (Å²) in [7, 11) is 0. The third-order valence-corrected chi connectivity index (χ3v) is 4.15. The summed E-state index contributed by atoms with van der Waals surface area (Å²) < 4.78 is 5.99. The fraction of sp³-hybridized carbons (Fsp3) is 0.118. The Kier molecular flexibility index (Phi) is 7.41. The Morgan fingerprint density at radius 2 is 1.86 bits per heavy atom. The van der Waals surface area contributed by atoms with Crippen LogP contribution in [0.4, 0.5) is 5.69 Å². The van der Waals surface area contributed by atoms with Crippen molar-refractivity contribution >= 4 is 50.8 Å². The van der Waals surface area contributed by atoms with Gasteiger partial charge in [0.25, 0.3) is 17.5 Å². The molecule has 2 rings (SSSR count). The Labute approximate surface area is 173 Å². The van der Waals surface area contributed by atoms with Gasteiger partial charge in [-0.05, 0) is 59.3 Å². The van der Waals surface area contributed by atoms with Crippen LogP contribution >= 0.6 is 28.1 Å². The second kappa shape index (κ2) is 9.76. The van der Waals surface area contributed by atoms with Crippen molar-refractivity contribution in [3.63, 3.8) is 0 Å². The third-order valence-electron chi connectivity index (χ3n) is 3.33. The van der Waals surface area contributed by atoms with E-state index in [4.69, 9.17) is 17.0 Å². The molecule has 0 radical (unpaired) electrons. The number of amides is 2. The average Bonchev–Trinajstić information content (AvgIpc) is 2.67. The first-order chi connectivity index (χ1) is 13.3. The highest BCUT2D eigenvalue weighted by Gasteiger charge is 2.13. The minimum atomic E-state index is -0.649. The number of hydrogen-bond donors (Lipinski definition) is 3. The molecule has 0 atom stereocenters. The maximum absolute atomic E-state index is 12.2. The van der Waals surface area contributed by atoms with E-state index in [0.717, 1.165) is 6.07 Å². The molecular formula is C17H15BrN4O5S. The van der Waals surface area contributed by atoms with E-state index in [9.17, 15) is 19.7 Å². The van der Waals surface area contributed by atoms with Crippen LogP contribution in [0.2, 0.25) is 0 Å². The normalized spacial score (nSPS) is 9.93. The Morgan fingerprint density at radius 1 is 1.14 bits per heavy atom. The first-order valence-electron chi connectivity index (χ1n) is 7.90. The molecule has 146 valence electrons. The maximum atomic E-state index is 12.2.